The zero-order valence-electron chi connectivity index (χ0n) is 20.1. The van der Waals surface area contributed by atoms with Gasteiger partial charge in [-0.1, -0.05) is 30.3 Å². The van der Waals surface area contributed by atoms with Crippen molar-refractivity contribution in [1.82, 2.24) is 19.8 Å². The van der Waals surface area contributed by atoms with E-state index in [1.54, 1.807) is 18.3 Å². The fraction of sp³-hybridized carbons (Fsp3) is 0.143. The molecule has 3 heterocycles. The second kappa shape index (κ2) is 10.6. The topological polar surface area (TPSA) is 88.5 Å². The maximum absolute atomic E-state index is 13.1. The van der Waals surface area contributed by atoms with Crippen LogP contribution in [0.25, 0.3) is 5.69 Å². The first-order valence-corrected chi connectivity index (χ1v) is 12.1. The van der Waals surface area contributed by atoms with Crippen molar-refractivity contribution in [3.05, 3.63) is 114 Å². The second-order valence-corrected chi connectivity index (χ2v) is 8.90. The van der Waals surface area contributed by atoms with E-state index < -0.39 is 5.97 Å². The third-order valence-electron chi connectivity index (χ3n) is 6.20. The third kappa shape index (κ3) is 5.07. The first kappa shape index (κ1) is 24.2. The molecule has 0 unspecified atom stereocenters. The van der Waals surface area contributed by atoms with E-state index in [2.05, 4.69) is 15.6 Å². The molecule has 0 aliphatic carbocycles. The highest BCUT2D eigenvalue weighted by atomic mass is 32.1. The first-order valence-electron chi connectivity index (χ1n) is 11.7. The highest BCUT2D eigenvalue weighted by molar-refractivity contribution is 7.80. The summed E-state index contributed by atoms with van der Waals surface area (Å²) in [5.74, 6) is -0.599. The lowest BCUT2D eigenvalue weighted by molar-refractivity contribution is -0.116. The van der Waals surface area contributed by atoms with Crippen LogP contribution >= 0.6 is 12.2 Å². The molecule has 9 heteroatoms. The smallest absolute Gasteiger partial charge is 0.337 e. The van der Waals surface area contributed by atoms with Gasteiger partial charge in [0, 0.05) is 29.5 Å². The quantitative estimate of drug-likeness (QED) is 0.283. The summed E-state index contributed by atoms with van der Waals surface area (Å²) in [6, 6.07) is 25.5. The fourth-order valence-corrected chi connectivity index (χ4v) is 4.85. The van der Waals surface area contributed by atoms with E-state index in [9.17, 15) is 9.59 Å². The Balaban J connectivity index is 1.52. The number of benzene rings is 2. The predicted octanol–water partition coefficient (Wildman–Crippen LogP) is 4.27. The normalized spacial score (nSPS) is 16.8. The van der Waals surface area contributed by atoms with E-state index in [4.69, 9.17) is 17.0 Å². The molecule has 4 aromatic rings. The van der Waals surface area contributed by atoms with Crippen molar-refractivity contribution in [3.8, 4) is 5.69 Å². The second-order valence-electron chi connectivity index (χ2n) is 8.51. The largest absolute Gasteiger partial charge is 0.465 e. The summed E-state index contributed by atoms with van der Waals surface area (Å²) in [6.07, 6.45) is 3.66. The number of ether oxygens (including phenoxy) is 1. The maximum Gasteiger partial charge on any atom is 0.337 e. The van der Waals surface area contributed by atoms with Gasteiger partial charge in [0.15, 0.2) is 5.11 Å². The molecule has 37 heavy (non-hydrogen) atoms. The lowest BCUT2D eigenvalue weighted by Crippen LogP contribution is -2.37. The third-order valence-corrected chi connectivity index (χ3v) is 6.55. The monoisotopic (exact) mass is 511 g/mol. The molecular weight excluding hydrogens is 486 g/mol. The summed E-state index contributed by atoms with van der Waals surface area (Å²) in [7, 11) is 1.36. The van der Waals surface area contributed by atoms with E-state index >= 15 is 0 Å². The number of methoxy groups -OCH3 is 1. The van der Waals surface area contributed by atoms with Gasteiger partial charge in [-0.05, 0) is 66.8 Å². The van der Waals surface area contributed by atoms with E-state index in [1.165, 1.54) is 7.11 Å². The van der Waals surface area contributed by atoms with Gasteiger partial charge in [0.2, 0.25) is 5.91 Å². The summed E-state index contributed by atoms with van der Waals surface area (Å²) in [5, 5.41) is 6.77. The number of carbonyl (C=O) groups excluding carboxylic acids is 2. The molecule has 1 fully saturated rings. The number of para-hydroxylation sites is 1. The summed E-state index contributed by atoms with van der Waals surface area (Å²) >= 11 is 5.72. The Morgan fingerprint density at radius 2 is 1.84 bits per heavy atom. The molecule has 1 amide bonds. The van der Waals surface area contributed by atoms with Gasteiger partial charge >= 0.3 is 5.97 Å². The van der Waals surface area contributed by atoms with Crippen molar-refractivity contribution in [3.63, 3.8) is 0 Å². The summed E-state index contributed by atoms with van der Waals surface area (Å²) < 4.78 is 6.89. The molecule has 1 aliphatic heterocycles. The van der Waals surface area contributed by atoms with Gasteiger partial charge in [-0.15, -0.1) is 0 Å². The number of anilines is 1. The Bertz CT molecular complexity index is 1420. The molecule has 0 spiro atoms. The molecule has 5 rings (SSSR count). The summed E-state index contributed by atoms with van der Waals surface area (Å²) in [4.78, 5) is 31.7. The molecule has 1 saturated heterocycles. The Morgan fingerprint density at radius 1 is 1.03 bits per heavy atom. The van der Waals surface area contributed by atoms with Crippen molar-refractivity contribution in [2.75, 3.05) is 19.0 Å². The molecule has 1 aliphatic rings. The van der Waals surface area contributed by atoms with Gasteiger partial charge in [0.25, 0.3) is 0 Å². The molecule has 186 valence electrons. The molecule has 2 aromatic carbocycles. The number of hydrogen-bond donors (Lipinski definition) is 2. The highest BCUT2D eigenvalue weighted by Crippen LogP contribution is 2.39. The van der Waals surface area contributed by atoms with Gasteiger partial charge in [-0.2, -0.15) is 0 Å². The zero-order chi connectivity index (χ0) is 25.8. The molecule has 0 bridgehead atoms. The standard InChI is InChI=1S/C28H25N5O3S/c1-36-27(35)19-9-7-12-21(17-19)32-16-8-14-23(32)26-25(22-13-5-6-15-29-22)31-28(37)33(26)18-24(34)30-20-10-3-2-4-11-20/h2-17,25-26H,18H2,1H3,(H,30,34)(H,31,37)/t25-,26-/m0/s1. The van der Waals surface area contributed by atoms with E-state index in [0.29, 0.717) is 16.4 Å². The average Bonchev–Trinajstić information content (AvgIpc) is 3.54. The van der Waals surface area contributed by atoms with Crippen LogP contribution < -0.4 is 10.6 Å². The summed E-state index contributed by atoms with van der Waals surface area (Å²) in [5.41, 5.74) is 3.63. The number of nitrogens with one attached hydrogen (secondary N) is 2. The zero-order valence-corrected chi connectivity index (χ0v) is 20.9. The molecule has 2 atom stereocenters. The molecule has 2 N–H and O–H groups in total. The minimum Gasteiger partial charge on any atom is -0.465 e. The number of rotatable bonds is 7. The van der Waals surface area contributed by atoms with Crippen LogP contribution in [0, 0.1) is 0 Å². The van der Waals surface area contributed by atoms with E-state index in [-0.39, 0.29) is 24.5 Å². The minimum absolute atomic E-state index is 0.0438. The number of thiocarbonyl (C=S) groups is 1. The van der Waals surface area contributed by atoms with Crippen molar-refractivity contribution >= 4 is 34.9 Å². The number of aromatic nitrogens is 2. The highest BCUT2D eigenvalue weighted by Gasteiger charge is 2.42. The Labute approximate surface area is 219 Å². The Hall–Kier alpha value is -4.50. The van der Waals surface area contributed by atoms with Crippen LogP contribution in [-0.2, 0) is 9.53 Å². The van der Waals surface area contributed by atoms with Crippen molar-refractivity contribution in [1.29, 1.82) is 0 Å². The van der Waals surface area contributed by atoms with Crippen LogP contribution in [0.15, 0.2) is 97.3 Å². The number of carbonyl (C=O) groups is 2. The van der Waals surface area contributed by atoms with Crippen LogP contribution in [0.3, 0.4) is 0 Å². The minimum atomic E-state index is -0.412. The molecule has 0 saturated carbocycles. The molecule has 0 radical (unpaired) electrons. The first-order chi connectivity index (χ1) is 18.0. The predicted molar refractivity (Wildman–Crippen MR) is 144 cm³/mol. The van der Waals surface area contributed by atoms with E-state index in [1.807, 2.05) is 88.5 Å². The Kier molecular flexibility index (Phi) is 6.96. The average molecular weight is 512 g/mol. The SMILES string of the molecule is COC(=O)c1cccc(-n2cccc2[C@H]2[C@H](c3ccccn3)NC(=S)N2CC(=O)Nc2ccccc2)c1. The van der Waals surface area contributed by atoms with Crippen LogP contribution in [0.1, 0.15) is 33.8 Å². The Morgan fingerprint density at radius 3 is 2.59 bits per heavy atom. The van der Waals surface area contributed by atoms with Crippen molar-refractivity contribution in [2.24, 2.45) is 0 Å². The van der Waals surface area contributed by atoms with Gasteiger partial charge in [0.1, 0.15) is 6.54 Å². The fourth-order valence-electron chi connectivity index (χ4n) is 4.54. The maximum atomic E-state index is 13.1. The summed E-state index contributed by atoms with van der Waals surface area (Å²) in [6.45, 7) is 0.0438. The van der Waals surface area contributed by atoms with Gasteiger partial charge in [-0.3, -0.25) is 9.78 Å². The molecular formula is C28H25N5O3S. The lowest BCUT2D eigenvalue weighted by atomic mass is 10.0. The number of esters is 1. The van der Waals surface area contributed by atoms with Crippen molar-refractivity contribution in [2.45, 2.75) is 12.1 Å². The van der Waals surface area contributed by atoms with Crippen LogP contribution in [0.4, 0.5) is 5.69 Å². The molecule has 2 aromatic heterocycles. The number of nitrogens with zero attached hydrogens (tertiary/aromatic N) is 3. The number of amides is 1. The van der Waals surface area contributed by atoms with E-state index in [0.717, 1.165) is 17.1 Å². The van der Waals surface area contributed by atoms with Crippen LogP contribution in [-0.4, -0.2) is 45.1 Å². The molecule has 8 nitrogen and oxygen atoms in total. The lowest BCUT2D eigenvalue weighted by Gasteiger charge is -2.28. The number of pyridine rings is 1. The van der Waals surface area contributed by atoms with Crippen molar-refractivity contribution < 1.29 is 14.3 Å². The van der Waals surface area contributed by atoms with Gasteiger partial charge in [-0.25, -0.2) is 4.79 Å². The van der Waals surface area contributed by atoms with Crippen LogP contribution in [0.5, 0.6) is 0 Å². The van der Waals surface area contributed by atoms with Gasteiger partial charge in [0.05, 0.1) is 30.5 Å². The number of hydrogen-bond acceptors (Lipinski definition) is 5. The van der Waals surface area contributed by atoms with Crippen LogP contribution in [0.2, 0.25) is 0 Å². The van der Waals surface area contributed by atoms with Gasteiger partial charge < -0.3 is 24.8 Å².